The van der Waals surface area contributed by atoms with Gasteiger partial charge in [0.05, 0.1) is 30.8 Å². The minimum absolute atomic E-state index is 0.0379. The summed E-state index contributed by atoms with van der Waals surface area (Å²) in [6.07, 6.45) is -3.67. The number of hydrogen-bond donors (Lipinski definition) is 6. The van der Waals surface area contributed by atoms with Gasteiger partial charge < -0.3 is 55.0 Å². The van der Waals surface area contributed by atoms with E-state index in [1.54, 1.807) is 84.6 Å². The summed E-state index contributed by atoms with van der Waals surface area (Å²) >= 11 is 1.54. The van der Waals surface area contributed by atoms with E-state index in [0.29, 0.717) is 135 Å². The first-order valence-electron chi connectivity index (χ1n) is 31.5. The van der Waals surface area contributed by atoms with Gasteiger partial charge in [-0.15, -0.1) is 5.10 Å². The molecule has 6 N–H and O–H groups in total. The van der Waals surface area contributed by atoms with E-state index in [0.717, 1.165) is 27.9 Å². The Kier molecular flexibility index (Phi) is 23.9. The summed E-state index contributed by atoms with van der Waals surface area (Å²) in [5.74, 6) is 13.3. The molecule has 2 aliphatic rings. The highest BCUT2D eigenvalue weighted by Gasteiger charge is 2.32. The number of nitrogens with zero attached hydrogens (tertiary/aromatic N) is 9. The number of alkyl halides is 3. The number of thioether (sulfide) groups is 1. The minimum Gasteiger partial charge on any atom is -0.444 e. The Morgan fingerprint density at radius 1 is 0.796 bits per heavy atom. The summed E-state index contributed by atoms with van der Waals surface area (Å²) in [7, 11) is 0. The first-order valence-corrected chi connectivity index (χ1v) is 32.5. The molecule has 6 aromatic rings. The molecule has 0 bridgehead atoms. The maximum Gasteiger partial charge on any atom is 0.415 e. The molecule has 5 heterocycles. The second kappa shape index (κ2) is 31.6. The highest BCUT2D eigenvalue weighted by Crippen LogP contribution is 2.33. The van der Waals surface area contributed by atoms with E-state index in [1.807, 2.05) is 71.9 Å². The number of ether oxygens (including phenoxy) is 3. The zero-order valence-corrected chi connectivity index (χ0v) is 55.6. The molecule has 0 saturated carbocycles. The summed E-state index contributed by atoms with van der Waals surface area (Å²) in [6.45, 7) is 21.4. The average Bonchev–Trinajstić information content (AvgIpc) is 1.66. The maximum absolute atomic E-state index is 14.2. The lowest BCUT2D eigenvalue weighted by molar-refractivity contribution is -0.140. The fourth-order valence-corrected chi connectivity index (χ4v) is 11.1. The largest absolute Gasteiger partial charge is 0.444 e. The van der Waals surface area contributed by atoms with Gasteiger partial charge in [0.1, 0.15) is 29.6 Å². The van der Waals surface area contributed by atoms with E-state index in [-0.39, 0.29) is 42.7 Å². The molecule has 2 aliphatic heterocycles. The van der Waals surface area contributed by atoms with Gasteiger partial charge in [-0.05, 0) is 167 Å². The Balaban J connectivity index is 0.789. The summed E-state index contributed by atoms with van der Waals surface area (Å²) in [5.41, 5.74) is 2.78. The average molecular weight is 1310 g/mol. The third-order valence-electron chi connectivity index (χ3n) is 14.8. The topological polar surface area (TPSA) is 247 Å². The van der Waals surface area contributed by atoms with E-state index in [4.69, 9.17) is 19.2 Å². The number of benzene rings is 3. The van der Waals surface area contributed by atoms with Gasteiger partial charge in [-0.3, -0.25) is 15.0 Å². The maximum atomic E-state index is 14.2. The van der Waals surface area contributed by atoms with Crippen LogP contribution in [0.1, 0.15) is 130 Å². The van der Waals surface area contributed by atoms with Crippen molar-refractivity contribution in [1.82, 2.24) is 55.3 Å². The third kappa shape index (κ3) is 21.6. The second-order valence-electron chi connectivity index (χ2n) is 26.0. The van der Waals surface area contributed by atoms with Crippen molar-refractivity contribution in [2.75, 3.05) is 86.7 Å². The molecule has 3 aromatic heterocycles. The van der Waals surface area contributed by atoms with Crippen LogP contribution in [0.15, 0.2) is 78.0 Å². The van der Waals surface area contributed by atoms with Crippen molar-refractivity contribution >= 4 is 75.2 Å². The van der Waals surface area contributed by atoms with Crippen LogP contribution in [0.5, 0.6) is 0 Å². The number of rotatable bonds is 21. The van der Waals surface area contributed by atoms with E-state index in [2.05, 4.69) is 77.4 Å². The standard InChI is InChI=1S/C67H87F3N14O8S/c1-11-41-93-60-76-56(71-32-33-74-61(87)90-64(2,3)4)55-57(77-60)84(79-78-55)43-46-21-19-45(20-22-46)15-13-31-72-59(86)48-27-36-80(37-28-48)40-34-73-58(85)47-23-25-50(26-24-47)82(63(89)92-66(8,9)10)35-14-16-51-42-52-53(17-12-18-54(52)83(51)44-67(68,69)70)75-49-29-38-81(39-30-49)62(88)91-65(5,6)7/h12,17-26,42,48-49,58,73,75,85H,11,27-41,43-44H2,1-10H3,(H,72,86)(H,74,87)(H,71,76,77). The first kappa shape index (κ1) is 70.6. The van der Waals surface area contributed by atoms with Crippen molar-refractivity contribution in [2.45, 2.75) is 155 Å². The SMILES string of the molecule is CCCSc1nc(NCCNC(=O)OC(C)(C)C)c2nnn(Cc3ccc(C#CCNC(=O)C4CCN(CCNC(O)c5ccc(N(CC#Cc6cc7c(NC8CCN(C(=O)OC(C)(C)C)CC8)cccc7n6CC(F)(F)F)C(=O)OC(C)(C)C)cc5)CC4)cc3)c2n1. The number of fused-ring (bicyclic) bond motifs is 2. The van der Waals surface area contributed by atoms with Gasteiger partial charge in [-0.25, -0.2) is 29.0 Å². The number of likely N-dealkylation sites (tertiary alicyclic amines) is 2. The van der Waals surface area contributed by atoms with Gasteiger partial charge in [0.2, 0.25) is 5.91 Å². The fourth-order valence-electron chi connectivity index (χ4n) is 10.4. The van der Waals surface area contributed by atoms with Gasteiger partial charge in [0.15, 0.2) is 22.1 Å². The molecule has 0 radical (unpaired) electrons. The van der Waals surface area contributed by atoms with Crippen LogP contribution in [0.2, 0.25) is 0 Å². The summed E-state index contributed by atoms with van der Waals surface area (Å²) in [4.78, 5) is 66.4. The smallest absolute Gasteiger partial charge is 0.415 e. The number of nitrogens with one attached hydrogen (secondary N) is 5. The van der Waals surface area contributed by atoms with E-state index < -0.39 is 47.9 Å². The van der Waals surface area contributed by atoms with E-state index >= 15 is 0 Å². The van der Waals surface area contributed by atoms with Crippen LogP contribution >= 0.6 is 11.8 Å². The summed E-state index contributed by atoms with van der Waals surface area (Å²) in [5, 5.41) is 36.8. The molecule has 26 heteroatoms. The fraction of sp³-hybridized carbons (Fsp3) is 0.522. The van der Waals surface area contributed by atoms with Crippen LogP contribution in [0.3, 0.4) is 0 Å². The Bertz CT molecular complexity index is 3650. The Morgan fingerprint density at radius 3 is 2.16 bits per heavy atom. The number of halogens is 3. The van der Waals surface area contributed by atoms with E-state index in [9.17, 15) is 37.5 Å². The van der Waals surface area contributed by atoms with Crippen molar-refractivity contribution in [3.8, 4) is 23.7 Å². The lowest BCUT2D eigenvalue weighted by Crippen LogP contribution is -2.44. The third-order valence-corrected chi connectivity index (χ3v) is 15.9. The molecule has 4 amide bonds. The molecule has 500 valence electrons. The number of amides is 4. The molecule has 3 aromatic carbocycles. The summed E-state index contributed by atoms with van der Waals surface area (Å²) in [6, 6.07) is 21.1. The number of aliphatic hydroxyl groups is 1. The highest BCUT2D eigenvalue weighted by atomic mass is 32.2. The number of carbonyl (C=O) groups excluding carboxylic acids is 4. The molecule has 22 nitrogen and oxygen atoms in total. The highest BCUT2D eigenvalue weighted by molar-refractivity contribution is 7.99. The molecular formula is C67H87F3N14O8S. The van der Waals surface area contributed by atoms with Crippen LogP contribution in [-0.2, 0) is 32.1 Å². The molecule has 1 atom stereocenters. The molecule has 2 saturated heterocycles. The minimum atomic E-state index is -4.56. The monoisotopic (exact) mass is 1300 g/mol. The summed E-state index contributed by atoms with van der Waals surface area (Å²) < 4.78 is 62.0. The van der Waals surface area contributed by atoms with Crippen molar-refractivity contribution in [1.29, 1.82) is 0 Å². The van der Waals surface area contributed by atoms with Gasteiger partial charge in [-0.1, -0.05) is 72.0 Å². The van der Waals surface area contributed by atoms with Crippen molar-refractivity contribution in [3.05, 3.63) is 95.2 Å². The molecule has 8 rings (SSSR count). The number of aromatic nitrogens is 6. The van der Waals surface area contributed by atoms with Crippen LogP contribution in [0.4, 0.5) is 44.7 Å². The molecular weight excluding hydrogens is 1220 g/mol. The lowest BCUT2D eigenvalue weighted by Gasteiger charge is -2.34. The molecule has 0 aliphatic carbocycles. The van der Waals surface area contributed by atoms with Gasteiger partial charge >= 0.3 is 24.5 Å². The quantitative estimate of drug-likeness (QED) is 0.00979. The predicted octanol–water partition coefficient (Wildman–Crippen LogP) is 10.3. The zero-order valence-electron chi connectivity index (χ0n) is 54.8. The first-order chi connectivity index (χ1) is 44.1. The Morgan fingerprint density at radius 2 is 1.49 bits per heavy atom. The Hall–Kier alpha value is -8.30. The van der Waals surface area contributed by atoms with Crippen molar-refractivity contribution in [3.63, 3.8) is 0 Å². The second-order valence-corrected chi connectivity index (χ2v) is 27.0. The normalized spacial score (nSPS) is 14.8. The Labute approximate surface area is 546 Å². The number of hydrogen-bond acceptors (Lipinski definition) is 17. The number of alkyl carbamates (subject to hydrolysis) is 1. The molecule has 0 spiro atoms. The van der Waals surface area contributed by atoms with Crippen LogP contribution < -0.4 is 31.5 Å². The number of carbonyl (C=O) groups is 4. The molecule has 1 unspecified atom stereocenters. The van der Waals surface area contributed by atoms with Crippen molar-refractivity contribution < 1.29 is 51.7 Å². The van der Waals surface area contributed by atoms with Gasteiger partial charge in [0, 0.05) is 79.3 Å². The van der Waals surface area contributed by atoms with Gasteiger partial charge in [-0.2, -0.15) is 13.2 Å². The lowest BCUT2D eigenvalue weighted by atomic mass is 9.96. The number of aliphatic hydroxyl groups excluding tert-OH is 1. The van der Waals surface area contributed by atoms with Crippen LogP contribution in [-0.4, -0.2) is 169 Å². The van der Waals surface area contributed by atoms with Crippen LogP contribution in [0.25, 0.3) is 22.1 Å². The van der Waals surface area contributed by atoms with E-state index in [1.165, 1.54) is 4.90 Å². The molecule has 2 fully saturated rings. The predicted molar refractivity (Wildman–Crippen MR) is 354 cm³/mol. The molecule has 93 heavy (non-hydrogen) atoms. The van der Waals surface area contributed by atoms with Crippen LogP contribution in [0, 0.1) is 29.6 Å². The zero-order chi connectivity index (χ0) is 67.1. The van der Waals surface area contributed by atoms with Crippen molar-refractivity contribution in [2.24, 2.45) is 5.92 Å². The number of piperidine rings is 2. The van der Waals surface area contributed by atoms with Gasteiger partial charge in [0.25, 0.3) is 0 Å². The number of anilines is 3.